The highest BCUT2D eigenvalue weighted by Gasteiger charge is 2.27. The van der Waals surface area contributed by atoms with Gasteiger partial charge in [0.2, 0.25) is 10.0 Å². The summed E-state index contributed by atoms with van der Waals surface area (Å²) in [5.41, 5.74) is 0.653. The van der Waals surface area contributed by atoms with Crippen LogP contribution in [0.3, 0.4) is 0 Å². The van der Waals surface area contributed by atoms with Gasteiger partial charge in [0, 0.05) is 25.1 Å². The van der Waals surface area contributed by atoms with Crippen LogP contribution < -0.4 is 10.1 Å². The van der Waals surface area contributed by atoms with Gasteiger partial charge >= 0.3 is 5.97 Å². The third-order valence-electron chi connectivity index (χ3n) is 5.41. The highest BCUT2D eigenvalue weighted by Crippen LogP contribution is 2.30. The number of hydrogen-bond donors (Lipinski definition) is 1. The van der Waals surface area contributed by atoms with Crippen LogP contribution in [0, 0.1) is 0 Å². The molecule has 1 amide bonds. The first-order valence-electron chi connectivity index (χ1n) is 11.0. The predicted molar refractivity (Wildman–Crippen MR) is 125 cm³/mol. The Morgan fingerprint density at radius 3 is 2.35 bits per heavy atom. The summed E-state index contributed by atoms with van der Waals surface area (Å²) < 4.78 is 37.5. The van der Waals surface area contributed by atoms with Crippen LogP contribution in [-0.4, -0.2) is 57.2 Å². The normalized spacial score (nSPS) is 14.3. The summed E-state index contributed by atoms with van der Waals surface area (Å²) in [6.45, 7) is 0.335. The highest BCUT2D eigenvalue weighted by atomic mass is 32.2. The minimum atomic E-state index is -3.70. The quantitative estimate of drug-likeness (QED) is 0.403. The molecule has 0 atom stereocenters. The van der Waals surface area contributed by atoms with Crippen molar-refractivity contribution in [3.63, 3.8) is 0 Å². The van der Waals surface area contributed by atoms with Crippen molar-refractivity contribution >= 4 is 33.4 Å². The van der Waals surface area contributed by atoms with E-state index in [0.717, 1.165) is 19.3 Å². The van der Waals surface area contributed by atoms with Crippen LogP contribution in [-0.2, 0) is 24.3 Å². The predicted octanol–water partition coefficient (Wildman–Crippen LogP) is 3.01. The van der Waals surface area contributed by atoms with Crippen molar-refractivity contribution < 1.29 is 32.3 Å². The molecule has 10 heteroatoms. The molecule has 0 unspecified atom stereocenters. The van der Waals surface area contributed by atoms with Crippen LogP contribution in [0.4, 0.5) is 5.69 Å². The first-order chi connectivity index (χ1) is 16.3. The minimum absolute atomic E-state index is 0.0330. The Labute approximate surface area is 199 Å². The standard InChI is InChI=1S/C24H28N2O7S/c1-32-22-12-10-19(34(30,31)26-14-6-3-7-15-26)16-20(22)25-23(28)17-33-24(29)13-11-21(27)18-8-4-2-5-9-18/h2,4-5,8-10,12,16H,3,6-7,11,13-15,17H2,1H3,(H,25,28). The van der Waals surface area contributed by atoms with Gasteiger partial charge < -0.3 is 14.8 Å². The zero-order chi connectivity index (χ0) is 24.6. The van der Waals surface area contributed by atoms with E-state index in [2.05, 4.69) is 5.32 Å². The van der Waals surface area contributed by atoms with Crippen molar-refractivity contribution in [2.45, 2.75) is 37.0 Å². The molecule has 2 aromatic carbocycles. The average molecular weight is 489 g/mol. The number of benzene rings is 2. The zero-order valence-electron chi connectivity index (χ0n) is 19.0. The van der Waals surface area contributed by atoms with Crippen molar-refractivity contribution in [1.82, 2.24) is 4.31 Å². The van der Waals surface area contributed by atoms with Gasteiger partial charge in [-0.25, -0.2) is 8.42 Å². The topological polar surface area (TPSA) is 119 Å². The lowest BCUT2D eigenvalue weighted by atomic mass is 10.1. The Morgan fingerprint density at radius 2 is 1.68 bits per heavy atom. The minimum Gasteiger partial charge on any atom is -0.495 e. The molecule has 1 aliphatic rings. The molecule has 1 heterocycles. The molecule has 0 spiro atoms. The van der Waals surface area contributed by atoms with E-state index < -0.39 is 28.5 Å². The molecule has 182 valence electrons. The Bertz CT molecular complexity index is 1130. The first-order valence-corrected chi connectivity index (χ1v) is 12.5. The van der Waals surface area contributed by atoms with Gasteiger partial charge in [-0.05, 0) is 31.0 Å². The number of esters is 1. The summed E-state index contributed by atoms with van der Waals surface area (Å²) in [5.74, 6) is -1.27. The number of carbonyl (C=O) groups excluding carboxylic acids is 3. The summed E-state index contributed by atoms with van der Waals surface area (Å²) in [4.78, 5) is 36.4. The molecule has 1 saturated heterocycles. The van der Waals surface area contributed by atoms with Crippen LogP contribution in [0.2, 0.25) is 0 Å². The van der Waals surface area contributed by atoms with E-state index in [9.17, 15) is 22.8 Å². The van der Waals surface area contributed by atoms with Crippen LogP contribution in [0.25, 0.3) is 0 Å². The molecular weight excluding hydrogens is 460 g/mol. The summed E-state index contributed by atoms with van der Waals surface area (Å²) in [5, 5.41) is 2.53. The van der Waals surface area contributed by atoms with Gasteiger partial charge in [0.05, 0.1) is 24.1 Å². The maximum absolute atomic E-state index is 12.9. The second kappa shape index (κ2) is 11.8. The molecule has 1 fully saturated rings. The van der Waals surface area contributed by atoms with Crippen molar-refractivity contribution in [1.29, 1.82) is 0 Å². The van der Waals surface area contributed by atoms with Gasteiger partial charge in [-0.15, -0.1) is 0 Å². The fraction of sp³-hybridized carbons (Fsp3) is 0.375. The van der Waals surface area contributed by atoms with Gasteiger partial charge in [-0.1, -0.05) is 36.8 Å². The number of ketones is 1. The second-order valence-corrected chi connectivity index (χ2v) is 9.76. The lowest BCUT2D eigenvalue weighted by Crippen LogP contribution is -2.35. The number of Topliss-reactive ketones (excluding diaryl/α,β-unsaturated/α-hetero) is 1. The lowest BCUT2D eigenvalue weighted by molar-refractivity contribution is -0.147. The van der Waals surface area contributed by atoms with E-state index in [-0.39, 0.29) is 35.0 Å². The lowest BCUT2D eigenvalue weighted by Gasteiger charge is -2.26. The van der Waals surface area contributed by atoms with Crippen LogP contribution in [0.5, 0.6) is 5.75 Å². The fourth-order valence-electron chi connectivity index (χ4n) is 3.59. The second-order valence-electron chi connectivity index (χ2n) is 7.82. The molecule has 0 aromatic heterocycles. The number of rotatable bonds is 10. The number of piperidine rings is 1. The number of nitrogens with zero attached hydrogens (tertiary/aromatic N) is 1. The van der Waals surface area contributed by atoms with Crippen molar-refractivity contribution in [2.75, 3.05) is 32.1 Å². The Hall–Kier alpha value is -3.24. The van der Waals surface area contributed by atoms with E-state index in [1.165, 1.54) is 29.6 Å². The Balaban J connectivity index is 1.56. The number of ether oxygens (including phenoxy) is 2. The number of methoxy groups -OCH3 is 1. The zero-order valence-corrected chi connectivity index (χ0v) is 19.8. The first kappa shape index (κ1) is 25.4. The van der Waals surface area contributed by atoms with E-state index in [0.29, 0.717) is 18.7 Å². The molecule has 1 aliphatic heterocycles. The summed E-state index contributed by atoms with van der Waals surface area (Å²) >= 11 is 0. The van der Waals surface area contributed by atoms with Gasteiger partial charge in [0.25, 0.3) is 5.91 Å². The summed E-state index contributed by atoms with van der Waals surface area (Å²) in [7, 11) is -2.30. The number of hydrogen-bond acceptors (Lipinski definition) is 7. The van der Waals surface area contributed by atoms with E-state index >= 15 is 0 Å². The van der Waals surface area contributed by atoms with Crippen molar-refractivity contribution in [3.8, 4) is 5.75 Å². The number of carbonyl (C=O) groups is 3. The number of sulfonamides is 1. The maximum Gasteiger partial charge on any atom is 0.306 e. The fourth-order valence-corrected chi connectivity index (χ4v) is 5.13. The van der Waals surface area contributed by atoms with E-state index in [1.54, 1.807) is 30.3 Å². The number of amides is 1. The molecule has 1 N–H and O–H groups in total. The third kappa shape index (κ3) is 6.64. The molecule has 0 radical (unpaired) electrons. The van der Waals surface area contributed by atoms with Gasteiger partial charge in [-0.2, -0.15) is 4.31 Å². The Kier molecular flexibility index (Phi) is 8.78. The molecule has 2 aromatic rings. The van der Waals surface area contributed by atoms with Gasteiger partial charge in [0.15, 0.2) is 12.4 Å². The average Bonchev–Trinajstić information content (AvgIpc) is 2.87. The third-order valence-corrected chi connectivity index (χ3v) is 7.31. The maximum atomic E-state index is 12.9. The van der Waals surface area contributed by atoms with Crippen molar-refractivity contribution in [2.24, 2.45) is 0 Å². The van der Waals surface area contributed by atoms with E-state index in [4.69, 9.17) is 9.47 Å². The summed E-state index contributed by atoms with van der Waals surface area (Å²) in [6, 6.07) is 12.8. The van der Waals surface area contributed by atoms with Crippen LogP contribution in [0.1, 0.15) is 42.5 Å². The largest absolute Gasteiger partial charge is 0.495 e. The van der Waals surface area contributed by atoms with Crippen molar-refractivity contribution in [3.05, 3.63) is 54.1 Å². The van der Waals surface area contributed by atoms with Crippen LogP contribution >= 0.6 is 0 Å². The monoisotopic (exact) mass is 488 g/mol. The van der Waals surface area contributed by atoms with Gasteiger partial charge in [0.1, 0.15) is 5.75 Å². The van der Waals surface area contributed by atoms with Crippen LogP contribution in [0.15, 0.2) is 53.4 Å². The molecule has 0 aliphatic carbocycles. The molecular formula is C24H28N2O7S. The van der Waals surface area contributed by atoms with E-state index in [1.807, 2.05) is 0 Å². The highest BCUT2D eigenvalue weighted by molar-refractivity contribution is 7.89. The molecule has 3 rings (SSSR count). The SMILES string of the molecule is COc1ccc(S(=O)(=O)N2CCCCC2)cc1NC(=O)COC(=O)CCC(=O)c1ccccc1. The molecule has 9 nitrogen and oxygen atoms in total. The number of anilines is 1. The Morgan fingerprint density at radius 1 is 0.971 bits per heavy atom. The molecule has 0 bridgehead atoms. The smallest absolute Gasteiger partial charge is 0.306 e. The molecule has 0 saturated carbocycles. The van der Waals surface area contributed by atoms with Gasteiger partial charge in [-0.3, -0.25) is 14.4 Å². The summed E-state index contributed by atoms with van der Waals surface area (Å²) in [6.07, 6.45) is 2.42. The molecule has 34 heavy (non-hydrogen) atoms. The number of nitrogens with one attached hydrogen (secondary N) is 1.